The van der Waals surface area contributed by atoms with Crippen molar-refractivity contribution < 1.29 is 9.47 Å². The maximum atomic E-state index is 6.03. The van der Waals surface area contributed by atoms with Crippen LogP contribution < -0.4 is 0 Å². The van der Waals surface area contributed by atoms with E-state index in [-0.39, 0.29) is 18.8 Å². The summed E-state index contributed by atoms with van der Waals surface area (Å²) in [7, 11) is 0. The Labute approximate surface area is 223 Å². The Bertz CT molecular complexity index is 1330. The number of aryl methyl sites for hydroxylation is 2. The minimum Gasteiger partial charge on any atom is -0.458 e. The van der Waals surface area contributed by atoms with E-state index in [1.165, 1.54) is 5.56 Å². The van der Waals surface area contributed by atoms with Crippen molar-refractivity contribution in [2.24, 2.45) is 5.92 Å². The van der Waals surface area contributed by atoms with E-state index in [9.17, 15) is 0 Å². The van der Waals surface area contributed by atoms with Gasteiger partial charge in [0.25, 0.3) is 0 Å². The summed E-state index contributed by atoms with van der Waals surface area (Å²) in [5.74, 6) is 2.68. The lowest BCUT2D eigenvalue weighted by atomic mass is 9.87. The predicted molar refractivity (Wildman–Crippen MR) is 146 cm³/mol. The van der Waals surface area contributed by atoms with E-state index in [1.54, 1.807) is 0 Å². The summed E-state index contributed by atoms with van der Waals surface area (Å²) >= 11 is 0. The van der Waals surface area contributed by atoms with Crippen LogP contribution in [0.4, 0.5) is 0 Å². The maximum Gasteiger partial charge on any atom is 0.230 e. The highest BCUT2D eigenvalue weighted by molar-refractivity contribution is 5.49. The van der Waals surface area contributed by atoms with E-state index in [0.29, 0.717) is 0 Å². The van der Waals surface area contributed by atoms with Crippen molar-refractivity contribution in [1.29, 1.82) is 0 Å². The zero-order chi connectivity index (χ0) is 25.9. The second-order valence-electron chi connectivity index (χ2n) is 10.2. The van der Waals surface area contributed by atoms with Crippen LogP contribution in [0, 0.1) is 19.8 Å². The van der Waals surface area contributed by atoms with Crippen molar-refractivity contribution >= 4 is 6.08 Å². The van der Waals surface area contributed by atoms with E-state index in [4.69, 9.17) is 9.47 Å². The number of aromatic nitrogens is 4. The second-order valence-corrected chi connectivity index (χ2v) is 10.2. The summed E-state index contributed by atoms with van der Waals surface area (Å²) in [5.41, 5.74) is 4.58. The van der Waals surface area contributed by atoms with Crippen LogP contribution in [0.1, 0.15) is 35.0 Å². The number of hydrogen-bond donors (Lipinski definition) is 0. The third-order valence-electron chi connectivity index (χ3n) is 7.73. The minimum atomic E-state index is -0.0392. The van der Waals surface area contributed by atoms with Crippen LogP contribution in [-0.2, 0) is 9.47 Å². The fourth-order valence-electron chi connectivity index (χ4n) is 5.82. The average molecular weight is 511 g/mol. The molecule has 1 aromatic heterocycles. The lowest BCUT2D eigenvalue weighted by Crippen LogP contribution is -2.49. The maximum absolute atomic E-state index is 6.03. The number of ether oxygens (including phenoxy) is 2. The molecule has 1 unspecified atom stereocenters. The number of hydrogen-bond acceptors (Lipinski definition) is 7. The molecule has 1 aliphatic carbocycles. The zero-order valence-electron chi connectivity index (χ0n) is 22.0. The first kappa shape index (κ1) is 24.6. The summed E-state index contributed by atoms with van der Waals surface area (Å²) in [5, 5.41) is 13.3. The van der Waals surface area contributed by atoms with Gasteiger partial charge in [0.05, 0.1) is 11.7 Å². The third kappa shape index (κ3) is 4.89. The third-order valence-corrected chi connectivity index (χ3v) is 7.73. The van der Waals surface area contributed by atoms with Gasteiger partial charge in [0.1, 0.15) is 5.76 Å². The van der Waals surface area contributed by atoms with Gasteiger partial charge >= 0.3 is 0 Å². The Balaban J connectivity index is 1.27. The molecule has 1 fully saturated rings. The van der Waals surface area contributed by atoms with Gasteiger partial charge in [-0.3, -0.25) is 9.80 Å². The largest absolute Gasteiger partial charge is 0.458 e. The molecule has 2 aliphatic heterocycles. The molecular formula is C30H34N6O2. The first-order valence-electron chi connectivity index (χ1n) is 13.4. The SMILES string of the molecule is Cc1cccc(C)c1-n1nnnc1[C@H](C1CC=CC2=C1OCO2)N1CCN(C/C=C/c2ccccc2)CC1. The molecule has 38 heavy (non-hydrogen) atoms. The highest BCUT2D eigenvalue weighted by Crippen LogP contribution is 2.42. The first-order chi connectivity index (χ1) is 18.7. The van der Waals surface area contributed by atoms with E-state index >= 15 is 0 Å². The van der Waals surface area contributed by atoms with Gasteiger partial charge in [-0.2, -0.15) is 4.68 Å². The van der Waals surface area contributed by atoms with Crippen LogP contribution in [0.2, 0.25) is 0 Å². The first-order valence-corrected chi connectivity index (χ1v) is 13.4. The van der Waals surface area contributed by atoms with Crippen LogP contribution in [0.15, 0.2) is 78.3 Å². The summed E-state index contributed by atoms with van der Waals surface area (Å²) in [4.78, 5) is 5.03. The topological polar surface area (TPSA) is 68.5 Å². The zero-order valence-corrected chi connectivity index (χ0v) is 22.0. The van der Waals surface area contributed by atoms with Crippen molar-refractivity contribution in [2.45, 2.75) is 26.3 Å². The van der Waals surface area contributed by atoms with Crippen molar-refractivity contribution in [1.82, 2.24) is 30.0 Å². The van der Waals surface area contributed by atoms with Gasteiger partial charge in [-0.25, -0.2) is 0 Å². The van der Waals surface area contributed by atoms with Crippen LogP contribution >= 0.6 is 0 Å². The monoisotopic (exact) mass is 510 g/mol. The molecule has 8 heteroatoms. The van der Waals surface area contributed by atoms with Crippen LogP contribution in [0.5, 0.6) is 0 Å². The molecule has 0 bridgehead atoms. The van der Waals surface area contributed by atoms with E-state index in [1.807, 2.05) is 16.8 Å². The molecule has 1 saturated heterocycles. The Morgan fingerprint density at radius 3 is 2.55 bits per heavy atom. The van der Waals surface area contributed by atoms with Gasteiger partial charge in [0.15, 0.2) is 11.6 Å². The Kier molecular flexibility index (Phi) is 7.07. The van der Waals surface area contributed by atoms with Crippen molar-refractivity contribution in [2.75, 3.05) is 39.5 Å². The van der Waals surface area contributed by atoms with E-state index in [0.717, 1.165) is 73.3 Å². The Morgan fingerprint density at radius 2 is 1.76 bits per heavy atom. The highest BCUT2D eigenvalue weighted by Gasteiger charge is 2.41. The van der Waals surface area contributed by atoms with Gasteiger partial charge in [-0.15, -0.1) is 5.10 Å². The number of piperazine rings is 1. The van der Waals surface area contributed by atoms with E-state index in [2.05, 4.69) is 99.9 Å². The van der Waals surface area contributed by atoms with Gasteiger partial charge in [0.2, 0.25) is 6.79 Å². The molecule has 0 spiro atoms. The van der Waals surface area contributed by atoms with Gasteiger partial charge in [-0.1, -0.05) is 66.8 Å². The lowest BCUT2D eigenvalue weighted by Gasteiger charge is -2.41. The van der Waals surface area contributed by atoms with Gasteiger partial charge in [-0.05, 0) is 53.5 Å². The summed E-state index contributed by atoms with van der Waals surface area (Å²) in [6.45, 7) is 9.23. The van der Waals surface area contributed by atoms with Crippen LogP contribution in [0.25, 0.3) is 11.8 Å². The number of tetrazole rings is 1. The summed E-state index contributed by atoms with van der Waals surface area (Å²) in [6, 6.07) is 16.7. The van der Waals surface area contributed by atoms with Crippen molar-refractivity contribution in [3.05, 3.63) is 101 Å². The molecule has 6 rings (SSSR count). The summed E-state index contributed by atoms with van der Waals surface area (Å²) < 4.78 is 13.7. The number of allylic oxidation sites excluding steroid dienone is 2. The highest BCUT2D eigenvalue weighted by atomic mass is 16.7. The molecule has 2 aromatic carbocycles. The Morgan fingerprint density at radius 1 is 0.974 bits per heavy atom. The predicted octanol–water partition coefficient (Wildman–Crippen LogP) is 4.44. The molecule has 0 saturated carbocycles. The molecule has 196 valence electrons. The van der Waals surface area contributed by atoms with Crippen molar-refractivity contribution in [3.63, 3.8) is 0 Å². The molecule has 3 aromatic rings. The fraction of sp³-hybridized carbons (Fsp3) is 0.367. The van der Waals surface area contributed by atoms with Crippen LogP contribution in [-0.4, -0.2) is 69.5 Å². The molecule has 0 radical (unpaired) electrons. The number of benzene rings is 2. The molecule has 0 N–H and O–H groups in total. The smallest absolute Gasteiger partial charge is 0.230 e. The quantitative estimate of drug-likeness (QED) is 0.465. The molecular weight excluding hydrogens is 476 g/mol. The normalized spacial score (nSPS) is 20.9. The van der Waals surface area contributed by atoms with E-state index < -0.39 is 0 Å². The van der Waals surface area contributed by atoms with Gasteiger partial charge in [0, 0.05) is 38.6 Å². The van der Waals surface area contributed by atoms with Gasteiger partial charge < -0.3 is 9.47 Å². The number of rotatable bonds is 7. The molecule has 2 atom stereocenters. The average Bonchev–Trinajstić information content (AvgIpc) is 3.61. The fourth-order valence-corrected chi connectivity index (χ4v) is 5.82. The number of para-hydroxylation sites is 1. The second kappa shape index (κ2) is 10.9. The molecule has 0 amide bonds. The lowest BCUT2D eigenvalue weighted by molar-refractivity contribution is 0.0377. The Hall–Kier alpha value is -3.75. The minimum absolute atomic E-state index is 0.0392. The molecule has 3 heterocycles. The standard InChI is InChI=1S/C30H34N6O2/c1-22-9-6-10-23(2)27(22)36-30(31-32-33-36)28(25-14-7-15-26-29(25)38-21-37-26)35-19-17-34(18-20-35)16-8-13-24-11-4-3-5-12-24/h3-13,15,25,28H,14,16-21H2,1-2H3/b13-8+/t25?,28-/m0/s1. The molecule has 8 nitrogen and oxygen atoms in total. The van der Waals surface area contributed by atoms with Crippen LogP contribution in [0.3, 0.4) is 0 Å². The molecule has 3 aliphatic rings. The summed E-state index contributed by atoms with van der Waals surface area (Å²) in [6.07, 6.45) is 9.53. The number of nitrogens with zero attached hydrogens (tertiary/aromatic N) is 6. The van der Waals surface area contributed by atoms with Crippen molar-refractivity contribution in [3.8, 4) is 5.69 Å².